The number of thioether (sulfide) groups is 1. The second kappa shape index (κ2) is 7.89. The maximum atomic E-state index is 14.9. The lowest BCUT2D eigenvalue weighted by atomic mass is 9.82. The SMILES string of the molecule is C[C@]1(c2cc(CC(=O)c3ccc(Cl)cn3)ccc2F)N=C(N)SC2=C1COCC2. The molecule has 0 radical (unpaired) electrons. The average Bonchev–Trinajstić information content (AvgIpc) is 2.69. The molecule has 0 bridgehead atoms. The van der Waals surface area contributed by atoms with Crippen LogP contribution in [0.4, 0.5) is 4.39 Å². The Bertz CT molecular complexity index is 1040. The number of nitrogens with two attached hydrogens (primary N) is 1. The molecule has 0 amide bonds. The van der Waals surface area contributed by atoms with Gasteiger partial charge in [-0.05, 0) is 47.2 Å². The van der Waals surface area contributed by atoms with Gasteiger partial charge in [0.05, 0.1) is 18.2 Å². The molecule has 8 heteroatoms. The number of amidine groups is 1. The molecule has 4 rings (SSSR count). The van der Waals surface area contributed by atoms with Crippen LogP contribution < -0.4 is 5.73 Å². The molecular weight excluding hydrogens is 413 g/mol. The fourth-order valence-corrected chi connectivity index (χ4v) is 4.79. The predicted molar refractivity (Wildman–Crippen MR) is 113 cm³/mol. The van der Waals surface area contributed by atoms with Gasteiger partial charge >= 0.3 is 0 Å². The molecule has 2 aliphatic heterocycles. The molecule has 2 aliphatic rings. The molecule has 5 nitrogen and oxygen atoms in total. The zero-order valence-corrected chi connectivity index (χ0v) is 17.3. The van der Waals surface area contributed by atoms with Crippen LogP contribution in [0.15, 0.2) is 52.0 Å². The van der Waals surface area contributed by atoms with Gasteiger partial charge in [-0.1, -0.05) is 29.4 Å². The molecular formula is C21H19ClFN3O2S. The Balaban J connectivity index is 1.69. The topological polar surface area (TPSA) is 77.6 Å². The first-order chi connectivity index (χ1) is 13.9. The number of aromatic nitrogens is 1. The fraction of sp³-hybridized carbons (Fsp3) is 0.286. The number of carbonyl (C=O) groups excluding carboxylic acids is 1. The lowest BCUT2D eigenvalue weighted by molar-refractivity contribution is 0.0988. The van der Waals surface area contributed by atoms with Gasteiger partial charge in [0.2, 0.25) is 0 Å². The van der Waals surface area contributed by atoms with Crippen LogP contribution in [0.5, 0.6) is 0 Å². The lowest BCUT2D eigenvalue weighted by Gasteiger charge is -2.37. The zero-order valence-electron chi connectivity index (χ0n) is 15.7. The number of hydrogen-bond acceptors (Lipinski definition) is 6. The molecule has 29 heavy (non-hydrogen) atoms. The summed E-state index contributed by atoms with van der Waals surface area (Å²) in [5, 5.41) is 0.863. The Labute approximate surface area is 177 Å². The molecule has 0 spiro atoms. The normalized spacial score (nSPS) is 21.6. The van der Waals surface area contributed by atoms with Gasteiger partial charge in [0, 0.05) is 24.6 Å². The van der Waals surface area contributed by atoms with Gasteiger partial charge in [0.15, 0.2) is 11.0 Å². The number of pyridine rings is 1. The van der Waals surface area contributed by atoms with Crippen LogP contribution in [0, 0.1) is 5.82 Å². The summed E-state index contributed by atoms with van der Waals surface area (Å²) in [6.07, 6.45) is 2.25. The number of Topliss-reactive ketones (excluding diaryl/α,β-unsaturated/α-hetero) is 1. The van der Waals surface area contributed by atoms with Crippen molar-refractivity contribution in [3.63, 3.8) is 0 Å². The van der Waals surface area contributed by atoms with Crippen molar-refractivity contribution in [2.45, 2.75) is 25.3 Å². The van der Waals surface area contributed by atoms with E-state index in [1.807, 2.05) is 6.92 Å². The van der Waals surface area contributed by atoms with Gasteiger partial charge < -0.3 is 10.5 Å². The Morgan fingerprint density at radius 3 is 2.97 bits per heavy atom. The van der Waals surface area contributed by atoms with Crippen molar-refractivity contribution in [1.82, 2.24) is 4.98 Å². The van der Waals surface area contributed by atoms with Crippen LogP contribution in [0.1, 0.15) is 35.0 Å². The van der Waals surface area contributed by atoms with Crippen LogP contribution in [-0.2, 0) is 16.7 Å². The second-order valence-electron chi connectivity index (χ2n) is 7.10. The Morgan fingerprint density at radius 1 is 1.38 bits per heavy atom. The third kappa shape index (κ3) is 3.95. The molecule has 0 saturated heterocycles. The molecule has 1 aromatic heterocycles. The molecule has 2 aromatic rings. The standard InChI is InChI=1S/C21H19ClFN3O2S/c1-21(15-11-28-7-6-19(15)29-20(24)26-21)14-8-12(2-4-16(14)23)9-18(27)17-5-3-13(22)10-25-17/h2-5,8,10H,6-7,9,11H2,1H3,(H2,24,26)/t21-/m1/s1. The highest BCUT2D eigenvalue weighted by molar-refractivity contribution is 8.17. The third-order valence-corrected chi connectivity index (χ3v) is 6.36. The first-order valence-corrected chi connectivity index (χ1v) is 10.3. The van der Waals surface area contributed by atoms with Gasteiger partial charge in [-0.25, -0.2) is 9.38 Å². The maximum absolute atomic E-state index is 14.9. The highest BCUT2D eigenvalue weighted by Gasteiger charge is 2.40. The van der Waals surface area contributed by atoms with Gasteiger partial charge in [-0.3, -0.25) is 9.78 Å². The van der Waals surface area contributed by atoms with Gasteiger partial charge in [0.25, 0.3) is 0 Å². The van der Waals surface area contributed by atoms with Crippen LogP contribution >= 0.6 is 23.4 Å². The largest absolute Gasteiger partial charge is 0.378 e. The second-order valence-corrected chi connectivity index (χ2v) is 8.66. The quantitative estimate of drug-likeness (QED) is 0.732. The predicted octanol–water partition coefficient (Wildman–Crippen LogP) is 4.25. The Kier molecular flexibility index (Phi) is 5.46. The molecule has 0 saturated carbocycles. The number of halogens is 2. The lowest BCUT2D eigenvalue weighted by Crippen LogP contribution is -2.35. The summed E-state index contributed by atoms with van der Waals surface area (Å²) >= 11 is 7.25. The van der Waals surface area contributed by atoms with Crippen molar-refractivity contribution in [1.29, 1.82) is 0 Å². The number of benzene rings is 1. The monoisotopic (exact) mass is 431 g/mol. The minimum absolute atomic E-state index is 0.0916. The summed E-state index contributed by atoms with van der Waals surface area (Å²) in [7, 11) is 0. The van der Waals surface area contributed by atoms with E-state index >= 15 is 0 Å². The van der Waals surface area contributed by atoms with Crippen LogP contribution in [0.3, 0.4) is 0 Å². The molecule has 0 fully saturated rings. The highest BCUT2D eigenvalue weighted by atomic mass is 35.5. The van der Waals surface area contributed by atoms with E-state index in [1.54, 1.807) is 24.3 Å². The maximum Gasteiger partial charge on any atom is 0.185 e. The summed E-state index contributed by atoms with van der Waals surface area (Å²) in [4.78, 5) is 22.3. The minimum atomic E-state index is -0.966. The number of ether oxygens (including phenoxy) is 1. The number of carbonyl (C=O) groups is 1. The highest BCUT2D eigenvalue weighted by Crippen LogP contribution is 2.46. The van der Waals surface area contributed by atoms with Crippen molar-refractivity contribution < 1.29 is 13.9 Å². The molecule has 2 N–H and O–H groups in total. The fourth-order valence-electron chi connectivity index (χ4n) is 3.63. The van der Waals surface area contributed by atoms with Crippen molar-refractivity contribution in [3.05, 3.63) is 74.7 Å². The van der Waals surface area contributed by atoms with E-state index in [0.717, 1.165) is 16.9 Å². The molecule has 1 atom stereocenters. The average molecular weight is 432 g/mol. The summed E-state index contributed by atoms with van der Waals surface area (Å²) in [6, 6.07) is 7.86. The molecule has 150 valence electrons. The van der Waals surface area contributed by atoms with Gasteiger partial charge in [-0.2, -0.15) is 0 Å². The number of nitrogens with zero attached hydrogens (tertiary/aromatic N) is 2. The Morgan fingerprint density at radius 2 is 2.21 bits per heavy atom. The number of aliphatic imine (C=N–C) groups is 1. The molecule has 0 aliphatic carbocycles. The van der Waals surface area contributed by atoms with E-state index in [-0.39, 0.29) is 12.2 Å². The number of hydrogen-bond donors (Lipinski definition) is 1. The van der Waals surface area contributed by atoms with E-state index in [2.05, 4.69) is 9.98 Å². The van der Waals surface area contributed by atoms with Gasteiger partial charge in [0.1, 0.15) is 17.1 Å². The van der Waals surface area contributed by atoms with E-state index < -0.39 is 11.4 Å². The third-order valence-electron chi connectivity index (χ3n) is 5.14. The minimum Gasteiger partial charge on any atom is -0.378 e. The number of rotatable bonds is 4. The van der Waals surface area contributed by atoms with E-state index in [4.69, 9.17) is 22.1 Å². The zero-order chi connectivity index (χ0) is 20.6. The number of ketones is 1. The van der Waals surface area contributed by atoms with E-state index in [0.29, 0.717) is 40.2 Å². The molecule has 0 unspecified atom stereocenters. The summed E-state index contributed by atoms with van der Waals surface area (Å²) < 4.78 is 20.5. The first kappa shape index (κ1) is 20.1. The Hall–Kier alpha value is -2.22. The van der Waals surface area contributed by atoms with Gasteiger partial charge in [-0.15, -0.1) is 0 Å². The molecule has 1 aromatic carbocycles. The van der Waals surface area contributed by atoms with Crippen LogP contribution in [-0.4, -0.2) is 29.1 Å². The van der Waals surface area contributed by atoms with Crippen LogP contribution in [0.25, 0.3) is 0 Å². The van der Waals surface area contributed by atoms with Crippen LogP contribution in [0.2, 0.25) is 5.02 Å². The van der Waals surface area contributed by atoms with Crippen molar-refractivity contribution in [3.8, 4) is 0 Å². The van der Waals surface area contributed by atoms with Crippen molar-refractivity contribution >= 4 is 34.3 Å². The van der Waals surface area contributed by atoms with Crippen molar-refractivity contribution in [2.24, 2.45) is 10.7 Å². The summed E-state index contributed by atoms with van der Waals surface area (Å²) in [5.41, 5.74) is 7.38. The summed E-state index contributed by atoms with van der Waals surface area (Å²) in [6.45, 7) is 2.83. The van der Waals surface area contributed by atoms with E-state index in [1.165, 1.54) is 24.0 Å². The molecule has 3 heterocycles. The smallest absolute Gasteiger partial charge is 0.185 e. The summed E-state index contributed by atoms with van der Waals surface area (Å²) in [5.74, 6) is -0.568. The van der Waals surface area contributed by atoms with E-state index in [9.17, 15) is 9.18 Å². The first-order valence-electron chi connectivity index (χ1n) is 9.14. The van der Waals surface area contributed by atoms with Crippen molar-refractivity contribution in [2.75, 3.05) is 13.2 Å².